The zero-order chi connectivity index (χ0) is 14.8. The molecule has 110 valence electrons. The average Bonchev–Trinajstić information content (AvgIpc) is 2.53. The fraction of sp³-hybridized carbons (Fsp3) is 0.250. The Hall–Kier alpha value is -1.85. The number of methoxy groups -OCH3 is 2. The number of nitrogens with one attached hydrogen (secondary N) is 1. The van der Waals surface area contributed by atoms with Crippen molar-refractivity contribution in [3.05, 3.63) is 47.5 Å². The van der Waals surface area contributed by atoms with E-state index in [9.17, 15) is 5.11 Å². The monoisotopic (exact) mass is 303 g/mol. The molecule has 1 aliphatic heterocycles. The molecule has 2 aromatic rings. The summed E-state index contributed by atoms with van der Waals surface area (Å²) in [7, 11) is 3.27. The summed E-state index contributed by atoms with van der Waals surface area (Å²) in [4.78, 5) is 1.14. The highest BCUT2D eigenvalue weighted by Crippen LogP contribution is 2.45. The predicted molar refractivity (Wildman–Crippen MR) is 83.1 cm³/mol. The lowest BCUT2D eigenvalue weighted by molar-refractivity contribution is 0.353. The van der Waals surface area contributed by atoms with Crippen LogP contribution in [0.25, 0.3) is 0 Å². The smallest absolute Gasteiger partial charge is 0.161 e. The van der Waals surface area contributed by atoms with E-state index in [1.807, 2.05) is 30.3 Å². The van der Waals surface area contributed by atoms with Crippen LogP contribution in [0.4, 0.5) is 0 Å². The third kappa shape index (κ3) is 2.66. The van der Waals surface area contributed by atoms with Crippen molar-refractivity contribution < 1.29 is 14.6 Å². The van der Waals surface area contributed by atoms with Gasteiger partial charge in [0.25, 0.3) is 0 Å². The van der Waals surface area contributed by atoms with Gasteiger partial charge in [-0.05, 0) is 23.8 Å². The molecule has 21 heavy (non-hydrogen) atoms. The minimum atomic E-state index is 0.0248. The lowest BCUT2D eigenvalue weighted by atomic mass is 10.1. The standard InChI is InChI=1S/C16H17NO3S/c1-19-13-7-10-9-17-16(11-5-3-4-6-12(11)18)21-15(10)8-14(13)20-2/h3-8,16-18H,9H2,1-2H3. The van der Waals surface area contributed by atoms with Crippen LogP contribution in [0.15, 0.2) is 41.3 Å². The van der Waals surface area contributed by atoms with Gasteiger partial charge in [0.15, 0.2) is 11.5 Å². The summed E-state index contributed by atoms with van der Waals surface area (Å²) in [6.07, 6.45) is 0. The van der Waals surface area contributed by atoms with Crippen LogP contribution in [-0.4, -0.2) is 19.3 Å². The van der Waals surface area contributed by atoms with Crippen molar-refractivity contribution in [1.29, 1.82) is 0 Å². The highest BCUT2D eigenvalue weighted by atomic mass is 32.2. The topological polar surface area (TPSA) is 50.7 Å². The number of para-hydroxylation sites is 1. The number of phenolic OH excluding ortho intramolecular Hbond substituents is 1. The molecule has 3 rings (SSSR count). The minimum Gasteiger partial charge on any atom is -0.508 e. The Balaban J connectivity index is 1.93. The van der Waals surface area contributed by atoms with Gasteiger partial charge in [0, 0.05) is 17.0 Å². The molecule has 2 N–H and O–H groups in total. The minimum absolute atomic E-state index is 0.0248. The molecule has 1 aliphatic rings. The fourth-order valence-corrected chi connectivity index (χ4v) is 3.61. The summed E-state index contributed by atoms with van der Waals surface area (Å²) in [6.45, 7) is 0.724. The quantitative estimate of drug-likeness (QED) is 0.911. The molecule has 0 aromatic heterocycles. The van der Waals surface area contributed by atoms with Crippen LogP contribution < -0.4 is 14.8 Å². The number of fused-ring (bicyclic) bond motifs is 1. The molecule has 2 aromatic carbocycles. The summed E-state index contributed by atoms with van der Waals surface area (Å²) >= 11 is 1.67. The number of benzene rings is 2. The number of phenols is 1. The van der Waals surface area contributed by atoms with Gasteiger partial charge in [-0.25, -0.2) is 0 Å². The number of hydrogen-bond donors (Lipinski definition) is 2. The maximum Gasteiger partial charge on any atom is 0.161 e. The number of aromatic hydroxyl groups is 1. The van der Waals surface area contributed by atoms with Crippen molar-refractivity contribution in [2.24, 2.45) is 0 Å². The van der Waals surface area contributed by atoms with Gasteiger partial charge in [0.05, 0.1) is 19.6 Å². The van der Waals surface area contributed by atoms with Gasteiger partial charge in [-0.3, -0.25) is 5.32 Å². The molecule has 5 heteroatoms. The van der Waals surface area contributed by atoms with Gasteiger partial charge in [-0.2, -0.15) is 0 Å². The Morgan fingerprint density at radius 2 is 1.86 bits per heavy atom. The van der Waals surface area contributed by atoms with Gasteiger partial charge in [-0.1, -0.05) is 18.2 Å². The molecule has 4 nitrogen and oxygen atoms in total. The van der Waals surface area contributed by atoms with E-state index >= 15 is 0 Å². The number of hydrogen-bond acceptors (Lipinski definition) is 5. The highest BCUT2D eigenvalue weighted by Gasteiger charge is 2.24. The SMILES string of the molecule is COc1cc2c(cc1OC)SC(c1ccccc1O)NC2. The number of thioether (sulfide) groups is 1. The first-order valence-electron chi connectivity index (χ1n) is 6.65. The summed E-state index contributed by atoms with van der Waals surface area (Å²) in [5, 5.41) is 13.4. The zero-order valence-electron chi connectivity index (χ0n) is 11.9. The molecule has 1 atom stereocenters. The van der Waals surface area contributed by atoms with Crippen LogP contribution in [0.3, 0.4) is 0 Å². The number of rotatable bonds is 3. The Labute approximate surface area is 128 Å². The van der Waals surface area contributed by atoms with Crippen molar-refractivity contribution in [1.82, 2.24) is 5.32 Å². The first-order chi connectivity index (χ1) is 10.2. The third-order valence-electron chi connectivity index (χ3n) is 3.51. The Bertz CT molecular complexity index is 660. The van der Waals surface area contributed by atoms with Gasteiger partial charge in [0.1, 0.15) is 5.75 Å². The molecule has 0 spiro atoms. The maximum atomic E-state index is 10.00. The van der Waals surface area contributed by atoms with Gasteiger partial charge >= 0.3 is 0 Å². The van der Waals surface area contributed by atoms with Crippen LogP contribution in [0, 0.1) is 0 Å². The highest BCUT2D eigenvalue weighted by molar-refractivity contribution is 7.99. The Morgan fingerprint density at radius 1 is 1.14 bits per heavy atom. The van der Waals surface area contributed by atoms with Gasteiger partial charge in [-0.15, -0.1) is 11.8 Å². The Kier molecular flexibility index (Phi) is 3.94. The van der Waals surface area contributed by atoms with Crippen molar-refractivity contribution in [3.8, 4) is 17.2 Å². The van der Waals surface area contributed by atoms with E-state index in [1.54, 1.807) is 32.0 Å². The molecule has 0 aliphatic carbocycles. The third-order valence-corrected chi connectivity index (χ3v) is 4.80. The maximum absolute atomic E-state index is 10.00. The molecule has 0 saturated heterocycles. The van der Waals surface area contributed by atoms with E-state index in [2.05, 4.69) is 5.32 Å². The normalized spacial score (nSPS) is 17.1. The predicted octanol–water partition coefficient (Wildman–Crippen LogP) is 3.30. The molecule has 0 radical (unpaired) electrons. The van der Waals surface area contributed by atoms with E-state index < -0.39 is 0 Å². The first kappa shape index (κ1) is 14.1. The largest absolute Gasteiger partial charge is 0.508 e. The second-order valence-corrected chi connectivity index (χ2v) is 5.90. The van der Waals surface area contributed by atoms with Crippen LogP contribution >= 0.6 is 11.8 Å². The van der Waals surface area contributed by atoms with Gasteiger partial charge < -0.3 is 14.6 Å². The van der Waals surface area contributed by atoms with Crippen molar-refractivity contribution in [3.63, 3.8) is 0 Å². The van der Waals surface area contributed by atoms with Gasteiger partial charge in [0.2, 0.25) is 0 Å². The van der Waals surface area contributed by atoms with E-state index in [4.69, 9.17) is 9.47 Å². The fourth-order valence-electron chi connectivity index (χ4n) is 2.40. The molecule has 0 saturated carbocycles. The molecule has 0 fully saturated rings. The summed E-state index contributed by atoms with van der Waals surface area (Å²) in [6, 6.07) is 11.4. The van der Waals surface area contributed by atoms with Crippen molar-refractivity contribution in [2.45, 2.75) is 16.8 Å². The van der Waals surface area contributed by atoms with E-state index in [0.29, 0.717) is 5.75 Å². The van der Waals surface area contributed by atoms with Crippen LogP contribution in [0.1, 0.15) is 16.5 Å². The summed E-state index contributed by atoms with van der Waals surface area (Å²) < 4.78 is 10.7. The van der Waals surface area contributed by atoms with Crippen LogP contribution in [0.2, 0.25) is 0 Å². The summed E-state index contributed by atoms with van der Waals surface area (Å²) in [5.74, 6) is 1.77. The summed E-state index contributed by atoms with van der Waals surface area (Å²) in [5.41, 5.74) is 2.06. The molecule has 0 bridgehead atoms. The van der Waals surface area contributed by atoms with Crippen molar-refractivity contribution >= 4 is 11.8 Å². The first-order valence-corrected chi connectivity index (χ1v) is 7.53. The van der Waals surface area contributed by atoms with Crippen LogP contribution in [-0.2, 0) is 6.54 Å². The second kappa shape index (κ2) is 5.87. The Morgan fingerprint density at radius 3 is 2.57 bits per heavy atom. The lowest BCUT2D eigenvalue weighted by Gasteiger charge is -2.27. The second-order valence-electron chi connectivity index (χ2n) is 4.75. The molecule has 1 heterocycles. The molecular weight excluding hydrogens is 286 g/mol. The zero-order valence-corrected chi connectivity index (χ0v) is 12.7. The van der Waals surface area contributed by atoms with Crippen LogP contribution in [0.5, 0.6) is 17.2 Å². The molecule has 0 amide bonds. The van der Waals surface area contributed by atoms with Crippen molar-refractivity contribution in [2.75, 3.05) is 14.2 Å². The van der Waals surface area contributed by atoms with E-state index in [0.717, 1.165) is 28.5 Å². The molecule has 1 unspecified atom stereocenters. The lowest BCUT2D eigenvalue weighted by Crippen LogP contribution is -2.22. The average molecular weight is 303 g/mol. The number of ether oxygens (including phenoxy) is 2. The van der Waals surface area contributed by atoms with E-state index in [1.165, 1.54) is 5.56 Å². The van der Waals surface area contributed by atoms with E-state index in [-0.39, 0.29) is 5.37 Å². The molecular formula is C16H17NO3S.